The molecular formula is C46H52N10O8. The number of hydrogen-bond donors (Lipinski definition) is 6. The van der Waals surface area contributed by atoms with Crippen molar-refractivity contribution in [3.8, 4) is 23.0 Å². The Labute approximate surface area is 371 Å². The monoisotopic (exact) mass is 872 g/mol. The van der Waals surface area contributed by atoms with Crippen molar-refractivity contribution in [3.05, 3.63) is 121 Å². The normalized spacial score (nSPS) is 11.6. The molecule has 6 rings (SSSR count). The third-order valence-electron chi connectivity index (χ3n) is 9.25. The highest BCUT2D eigenvalue weighted by Gasteiger charge is 2.20. The molecule has 18 nitrogen and oxygen atoms in total. The summed E-state index contributed by atoms with van der Waals surface area (Å²) < 4.78 is 33.6. The van der Waals surface area contributed by atoms with Crippen LogP contribution in [-0.2, 0) is 22.6 Å². The number of hydrogen-bond acceptors (Lipinski definition) is 16. The SMILES string of the molecule is C=CCOc1ccc(CNc2nc(NCC(C)OC(=O)Nc3ccccc3)nc3c(NCc4ccc(OC)c(OC)c4)nc(NCC(C)OC(=O)Nc4ccccc4)nc23)cc1OC. The van der Waals surface area contributed by atoms with Crippen molar-refractivity contribution >= 4 is 58.1 Å². The van der Waals surface area contributed by atoms with Gasteiger partial charge in [-0.1, -0.05) is 61.2 Å². The van der Waals surface area contributed by atoms with E-state index in [0.29, 0.717) is 76.7 Å². The van der Waals surface area contributed by atoms with E-state index in [9.17, 15) is 9.59 Å². The fourth-order valence-corrected chi connectivity index (χ4v) is 6.13. The quantitative estimate of drug-likeness (QED) is 0.0354. The van der Waals surface area contributed by atoms with E-state index >= 15 is 0 Å². The first-order valence-corrected chi connectivity index (χ1v) is 20.4. The fourth-order valence-electron chi connectivity index (χ4n) is 6.13. The number of ether oxygens (including phenoxy) is 6. The maximum Gasteiger partial charge on any atom is 0.411 e. The molecule has 2 amide bonds. The van der Waals surface area contributed by atoms with Gasteiger partial charge in [0.15, 0.2) is 34.6 Å². The molecule has 2 heterocycles. The summed E-state index contributed by atoms with van der Waals surface area (Å²) in [5.74, 6) is 3.42. The van der Waals surface area contributed by atoms with E-state index in [1.165, 1.54) is 0 Å². The maximum atomic E-state index is 12.7. The van der Waals surface area contributed by atoms with Crippen molar-refractivity contribution < 1.29 is 38.0 Å². The third-order valence-corrected chi connectivity index (χ3v) is 9.25. The van der Waals surface area contributed by atoms with E-state index in [2.05, 4.69) is 38.5 Å². The van der Waals surface area contributed by atoms with E-state index < -0.39 is 24.4 Å². The minimum absolute atomic E-state index is 0.168. The number of anilines is 6. The molecule has 0 saturated heterocycles. The van der Waals surface area contributed by atoms with Crippen molar-refractivity contribution in [2.75, 3.05) is 72.9 Å². The Morgan fingerprint density at radius 3 is 1.45 bits per heavy atom. The number of benzene rings is 4. The first kappa shape index (κ1) is 45.5. The molecule has 334 valence electrons. The number of rotatable bonds is 22. The maximum absolute atomic E-state index is 12.7. The van der Waals surface area contributed by atoms with Crippen LogP contribution in [0.15, 0.2) is 110 Å². The zero-order valence-corrected chi connectivity index (χ0v) is 36.3. The number of nitrogens with zero attached hydrogens (tertiary/aromatic N) is 4. The molecule has 2 aromatic heterocycles. The molecule has 0 bridgehead atoms. The Kier molecular flexibility index (Phi) is 16.2. The number of aromatic nitrogens is 4. The first-order chi connectivity index (χ1) is 31.1. The Bertz CT molecular complexity index is 2500. The lowest BCUT2D eigenvalue weighted by molar-refractivity contribution is 0.125. The van der Waals surface area contributed by atoms with Crippen LogP contribution in [0.4, 0.5) is 44.5 Å². The number of para-hydroxylation sites is 2. The van der Waals surface area contributed by atoms with Crippen molar-refractivity contribution in [1.29, 1.82) is 0 Å². The largest absolute Gasteiger partial charge is 0.493 e. The molecule has 18 heteroatoms. The predicted molar refractivity (Wildman–Crippen MR) is 247 cm³/mol. The number of carbonyl (C=O) groups excluding carboxylic acids is 2. The molecule has 0 aliphatic heterocycles. The zero-order chi connectivity index (χ0) is 45.3. The molecule has 0 radical (unpaired) electrons. The average molecular weight is 873 g/mol. The third kappa shape index (κ3) is 13.0. The van der Waals surface area contributed by atoms with E-state index in [1.54, 1.807) is 65.5 Å². The molecule has 0 aliphatic rings. The summed E-state index contributed by atoms with van der Waals surface area (Å²) in [6, 6.07) is 29.2. The van der Waals surface area contributed by atoms with Gasteiger partial charge in [-0.2, -0.15) is 9.97 Å². The topological polar surface area (TPSA) is 213 Å². The average Bonchev–Trinajstić information content (AvgIpc) is 3.31. The van der Waals surface area contributed by atoms with Gasteiger partial charge in [-0.05, 0) is 73.5 Å². The van der Waals surface area contributed by atoms with Crippen LogP contribution < -0.4 is 50.8 Å². The van der Waals surface area contributed by atoms with Crippen LogP contribution >= 0.6 is 0 Å². The Balaban J connectivity index is 1.31. The Morgan fingerprint density at radius 1 is 0.578 bits per heavy atom. The van der Waals surface area contributed by atoms with E-state index in [0.717, 1.165) is 11.1 Å². The lowest BCUT2D eigenvalue weighted by Crippen LogP contribution is -2.27. The lowest BCUT2D eigenvalue weighted by Gasteiger charge is -2.18. The summed E-state index contributed by atoms with van der Waals surface area (Å²) in [5, 5.41) is 18.7. The first-order valence-electron chi connectivity index (χ1n) is 20.4. The highest BCUT2D eigenvalue weighted by atomic mass is 16.6. The van der Waals surface area contributed by atoms with Crippen LogP contribution in [-0.4, -0.2) is 85.4 Å². The van der Waals surface area contributed by atoms with Crippen LogP contribution in [0.3, 0.4) is 0 Å². The second-order valence-corrected chi connectivity index (χ2v) is 14.1. The number of carbonyl (C=O) groups is 2. The summed E-state index contributed by atoms with van der Waals surface area (Å²) in [7, 11) is 4.72. The molecule has 0 fully saturated rings. The highest BCUT2D eigenvalue weighted by Crippen LogP contribution is 2.32. The van der Waals surface area contributed by atoms with Crippen molar-refractivity contribution in [1.82, 2.24) is 19.9 Å². The van der Waals surface area contributed by atoms with Gasteiger partial charge in [0.05, 0.1) is 34.4 Å². The molecule has 0 saturated carbocycles. The minimum Gasteiger partial charge on any atom is -0.493 e. The molecule has 2 unspecified atom stereocenters. The van der Waals surface area contributed by atoms with Gasteiger partial charge in [0, 0.05) is 24.5 Å². The lowest BCUT2D eigenvalue weighted by atomic mass is 10.2. The van der Waals surface area contributed by atoms with Crippen molar-refractivity contribution in [3.63, 3.8) is 0 Å². The molecule has 0 aliphatic carbocycles. The molecule has 0 spiro atoms. The Hall–Kier alpha value is -8.02. The van der Waals surface area contributed by atoms with Gasteiger partial charge in [-0.3, -0.25) is 10.6 Å². The van der Waals surface area contributed by atoms with E-state index in [1.807, 2.05) is 72.8 Å². The van der Waals surface area contributed by atoms with Gasteiger partial charge in [0.25, 0.3) is 0 Å². The number of nitrogens with one attached hydrogen (secondary N) is 6. The van der Waals surface area contributed by atoms with Crippen LogP contribution in [0.5, 0.6) is 23.0 Å². The standard InChI is InChI=1S/C46H52N10O8/c1-7-22-62-36-21-19-32(24-38(36)61-6)28-48-42-40-39(53-44(56-42)50-26-30(3)64-46(58)52-34-16-12-9-13-17-34)41(47-27-31-18-20-35(59-4)37(23-31)60-5)55-43(54-40)49-25-29(2)63-45(57)51-33-14-10-8-11-15-33/h7-21,23-24,29-30H,1,22,25-28H2,2-6H3,(H,51,57)(H,52,58)(H2,47,49,54,55)(H2,48,50,53,56). The smallest absolute Gasteiger partial charge is 0.411 e. The van der Waals surface area contributed by atoms with Crippen molar-refractivity contribution in [2.24, 2.45) is 0 Å². The zero-order valence-electron chi connectivity index (χ0n) is 36.3. The van der Waals surface area contributed by atoms with Gasteiger partial charge in [0.2, 0.25) is 11.9 Å². The Morgan fingerprint density at radius 2 is 1.02 bits per heavy atom. The van der Waals surface area contributed by atoms with E-state index in [4.69, 9.17) is 48.4 Å². The van der Waals surface area contributed by atoms with Crippen LogP contribution in [0.25, 0.3) is 11.0 Å². The summed E-state index contributed by atoms with van der Waals surface area (Å²) in [4.78, 5) is 44.7. The minimum atomic E-state index is -0.606. The summed E-state index contributed by atoms with van der Waals surface area (Å²) in [6.45, 7) is 8.49. The molecule has 6 aromatic rings. The fraction of sp³-hybridized carbons (Fsp3) is 0.261. The second-order valence-electron chi connectivity index (χ2n) is 14.1. The molecule has 2 atom stereocenters. The number of fused-ring (bicyclic) bond motifs is 1. The molecule has 6 N–H and O–H groups in total. The number of amides is 2. The van der Waals surface area contributed by atoms with Gasteiger partial charge < -0.3 is 49.7 Å². The second kappa shape index (κ2) is 22.7. The summed E-state index contributed by atoms with van der Waals surface area (Å²) >= 11 is 0. The predicted octanol–water partition coefficient (Wildman–Crippen LogP) is 8.33. The van der Waals surface area contributed by atoms with Crippen LogP contribution in [0.2, 0.25) is 0 Å². The number of methoxy groups -OCH3 is 3. The summed E-state index contributed by atoms with van der Waals surface area (Å²) in [5.41, 5.74) is 3.68. The van der Waals surface area contributed by atoms with Crippen LogP contribution in [0, 0.1) is 0 Å². The highest BCUT2D eigenvalue weighted by molar-refractivity contribution is 5.94. The molecular weight excluding hydrogens is 821 g/mol. The van der Waals surface area contributed by atoms with Crippen molar-refractivity contribution in [2.45, 2.75) is 39.1 Å². The van der Waals surface area contributed by atoms with Gasteiger partial charge in [-0.25, -0.2) is 19.6 Å². The molecule has 64 heavy (non-hydrogen) atoms. The summed E-state index contributed by atoms with van der Waals surface area (Å²) in [6.07, 6.45) is -0.723. The molecule has 4 aromatic carbocycles. The van der Waals surface area contributed by atoms with E-state index in [-0.39, 0.29) is 25.0 Å². The van der Waals surface area contributed by atoms with Gasteiger partial charge in [-0.15, -0.1) is 0 Å². The van der Waals surface area contributed by atoms with Gasteiger partial charge in [0.1, 0.15) is 29.8 Å². The van der Waals surface area contributed by atoms with Gasteiger partial charge >= 0.3 is 12.2 Å². The van der Waals surface area contributed by atoms with Crippen LogP contribution in [0.1, 0.15) is 25.0 Å².